The maximum atomic E-state index is 14.8. The molecule has 0 spiro atoms. The van der Waals surface area contributed by atoms with Crippen LogP contribution in [0.5, 0.6) is 0 Å². The van der Waals surface area contributed by atoms with Crippen molar-refractivity contribution in [3.63, 3.8) is 0 Å². The zero-order valence-electron chi connectivity index (χ0n) is 21.8. The summed E-state index contributed by atoms with van der Waals surface area (Å²) in [6, 6.07) is 39.8. The van der Waals surface area contributed by atoms with Crippen LogP contribution in [-0.4, -0.2) is 24.1 Å². The van der Waals surface area contributed by atoms with E-state index in [0.717, 1.165) is 22.4 Å². The summed E-state index contributed by atoms with van der Waals surface area (Å²) in [6.45, 7) is 1.99. The molecule has 39 heavy (non-hydrogen) atoms. The highest BCUT2D eigenvalue weighted by molar-refractivity contribution is 6.21. The predicted molar refractivity (Wildman–Crippen MR) is 152 cm³/mol. The summed E-state index contributed by atoms with van der Waals surface area (Å²) in [7, 11) is 0. The molecular weight excluding hydrogens is 484 g/mol. The summed E-state index contributed by atoms with van der Waals surface area (Å²) in [5.74, 6) is -2.61. The van der Waals surface area contributed by atoms with Gasteiger partial charge in [0.05, 0.1) is 23.9 Å². The van der Waals surface area contributed by atoms with Crippen LogP contribution >= 0.6 is 0 Å². The minimum atomic E-state index is -0.932. The number of ketones is 1. The maximum absolute atomic E-state index is 14.8. The summed E-state index contributed by atoms with van der Waals surface area (Å²) in [5.41, 5.74) is 3.54. The van der Waals surface area contributed by atoms with Gasteiger partial charge < -0.3 is 4.74 Å². The number of carbonyl (C=O) groups is 2. The second kappa shape index (κ2) is 10.3. The minimum absolute atomic E-state index is 0.154. The Balaban J connectivity index is 1.63. The summed E-state index contributed by atoms with van der Waals surface area (Å²) in [5, 5.41) is 7.25. The van der Waals surface area contributed by atoms with Gasteiger partial charge in [0, 0.05) is 5.92 Å². The van der Waals surface area contributed by atoms with E-state index in [1.54, 1.807) is 6.92 Å². The number of nitrogens with zero attached hydrogens (tertiary/aromatic N) is 2. The van der Waals surface area contributed by atoms with Gasteiger partial charge in [0.25, 0.3) is 0 Å². The van der Waals surface area contributed by atoms with E-state index in [1.165, 1.54) is 0 Å². The number of Topliss-reactive ketones (excluding diaryl/α,β-unsaturated/α-hetero) is 1. The summed E-state index contributed by atoms with van der Waals surface area (Å²) < 4.78 is 5.53. The van der Waals surface area contributed by atoms with E-state index in [9.17, 15) is 9.59 Å². The summed E-state index contributed by atoms with van der Waals surface area (Å²) in [6.07, 6.45) is 0.510. The van der Waals surface area contributed by atoms with Crippen LogP contribution < -0.4 is 5.01 Å². The molecule has 2 aliphatic rings. The van der Waals surface area contributed by atoms with Gasteiger partial charge in [-0.25, -0.2) is 0 Å². The Labute approximate surface area is 228 Å². The third-order valence-corrected chi connectivity index (χ3v) is 7.97. The van der Waals surface area contributed by atoms with Crippen LogP contribution in [-0.2, 0) is 19.9 Å². The number of hydrogen-bond acceptors (Lipinski definition) is 5. The lowest BCUT2D eigenvalue weighted by molar-refractivity contribution is -0.155. The number of hydrogen-bond donors (Lipinski definition) is 0. The van der Waals surface area contributed by atoms with E-state index in [2.05, 4.69) is 12.1 Å². The number of esters is 1. The number of benzene rings is 4. The first kappa shape index (κ1) is 24.8. The topological polar surface area (TPSA) is 59.0 Å². The van der Waals surface area contributed by atoms with Gasteiger partial charge in [-0.05, 0) is 42.2 Å². The monoisotopic (exact) mass is 514 g/mol. The second-order valence-electron chi connectivity index (χ2n) is 10.1. The van der Waals surface area contributed by atoms with Crippen molar-refractivity contribution >= 4 is 23.2 Å². The molecule has 5 heteroatoms. The highest BCUT2D eigenvalue weighted by atomic mass is 16.5. The molecule has 0 saturated heterocycles. The van der Waals surface area contributed by atoms with Crippen molar-refractivity contribution in [2.75, 3.05) is 11.6 Å². The van der Waals surface area contributed by atoms with Crippen molar-refractivity contribution in [3.05, 3.63) is 138 Å². The average molecular weight is 515 g/mol. The highest BCUT2D eigenvalue weighted by Gasteiger charge is 2.64. The van der Waals surface area contributed by atoms with Crippen molar-refractivity contribution < 1.29 is 14.3 Å². The lowest BCUT2D eigenvalue weighted by Crippen LogP contribution is -2.58. The number of hydrazone groups is 1. The van der Waals surface area contributed by atoms with E-state index in [0.29, 0.717) is 12.1 Å². The van der Waals surface area contributed by atoms with Gasteiger partial charge in [-0.15, -0.1) is 0 Å². The van der Waals surface area contributed by atoms with Gasteiger partial charge in [-0.1, -0.05) is 109 Å². The van der Waals surface area contributed by atoms with Crippen LogP contribution in [0.2, 0.25) is 0 Å². The normalized spacial score (nSPS) is 24.1. The SMILES string of the molecule is CCOC(=O)C1C(=O)[C@H]2C(c3ccccc3)=NN(c3ccccc3)[C@]2(c2ccccc2)CC1c1ccccc1. The second-order valence-corrected chi connectivity index (χ2v) is 10.1. The number of ether oxygens (including phenoxy) is 1. The molecule has 4 aromatic rings. The number of rotatable bonds is 6. The van der Waals surface area contributed by atoms with Crippen molar-refractivity contribution in [2.45, 2.75) is 24.8 Å². The molecule has 1 saturated carbocycles. The Morgan fingerprint density at radius 1 is 0.846 bits per heavy atom. The molecule has 5 nitrogen and oxygen atoms in total. The van der Waals surface area contributed by atoms with Gasteiger partial charge in [0.15, 0.2) is 5.78 Å². The first-order valence-corrected chi connectivity index (χ1v) is 13.4. The van der Waals surface area contributed by atoms with Crippen molar-refractivity contribution in [2.24, 2.45) is 16.9 Å². The quantitative estimate of drug-likeness (QED) is 0.222. The van der Waals surface area contributed by atoms with E-state index in [4.69, 9.17) is 9.84 Å². The zero-order chi connectivity index (χ0) is 26.8. The van der Waals surface area contributed by atoms with Crippen LogP contribution in [0.1, 0.15) is 36.0 Å². The molecule has 6 rings (SSSR count). The van der Waals surface area contributed by atoms with E-state index in [1.807, 2.05) is 114 Å². The third kappa shape index (κ3) is 4.15. The minimum Gasteiger partial charge on any atom is -0.465 e. The average Bonchev–Trinajstić information content (AvgIpc) is 3.36. The standard InChI is InChI=1S/C34H30N2O3/c1-2-39-33(38)29-28(24-15-7-3-8-16-24)23-34(26-19-11-5-12-20-26)30(32(29)37)31(25-17-9-4-10-18-25)35-36(34)27-21-13-6-14-22-27/h3-22,28-30H,2,23H2,1H3/t28?,29?,30-,34+/m1/s1. The van der Waals surface area contributed by atoms with E-state index >= 15 is 0 Å². The molecule has 0 aromatic heterocycles. The largest absolute Gasteiger partial charge is 0.465 e. The van der Waals surface area contributed by atoms with Crippen LogP contribution in [0.15, 0.2) is 126 Å². The Kier molecular flexibility index (Phi) is 6.57. The first-order chi connectivity index (χ1) is 19.1. The number of para-hydroxylation sites is 1. The molecule has 1 aliphatic heterocycles. The molecule has 0 N–H and O–H groups in total. The number of anilines is 1. The van der Waals surface area contributed by atoms with E-state index < -0.39 is 23.3 Å². The Bertz CT molecular complexity index is 1490. The van der Waals surface area contributed by atoms with Gasteiger partial charge >= 0.3 is 5.97 Å². The molecule has 194 valence electrons. The molecule has 1 fully saturated rings. The molecule has 1 heterocycles. The fourth-order valence-corrected chi connectivity index (χ4v) is 6.36. The van der Waals surface area contributed by atoms with Crippen LogP contribution in [0.4, 0.5) is 5.69 Å². The van der Waals surface area contributed by atoms with Gasteiger partial charge in [-0.3, -0.25) is 14.6 Å². The Morgan fingerprint density at radius 3 is 2.03 bits per heavy atom. The van der Waals surface area contributed by atoms with Crippen LogP contribution in [0.25, 0.3) is 0 Å². The van der Waals surface area contributed by atoms with Crippen LogP contribution in [0, 0.1) is 11.8 Å². The maximum Gasteiger partial charge on any atom is 0.317 e. The van der Waals surface area contributed by atoms with Crippen LogP contribution in [0.3, 0.4) is 0 Å². The van der Waals surface area contributed by atoms with Gasteiger partial charge in [0.1, 0.15) is 11.5 Å². The fourth-order valence-electron chi connectivity index (χ4n) is 6.36. The Hall–Kier alpha value is -4.51. The molecule has 4 aromatic carbocycles. The lowest BCUT2D eigenvalue weighted by atomic mass is 9.58. The van der Waals surface area contributed by atoms with Crippen molar-refractivity contribution in [1.29, 1.82) is 0 Å². The van der Waals surface area contributed by atoms with Crippen molar-refractivity contribution in [1.82, 2.24) is 0 Å². The lowest BCUT2D eigenvalue weighted by Gasteiger charge is -2.49. The molecule has 0 radical (unpaired) electrons. The summed E-state index contributed by atoms with van der Waals surface area (Å²) in [4.78, 5) is 28.4. The Morgan fingerprint density at radius 2 is 1.41 bits per heavy atom. The smallest absolute Gasteiger partial charge is 0.317 e. The van der Waals surface area contributed by atoms with E-state index in [-0.39, 0.29) is 18.3 Å². The number of fused-ring (bicyclic) bond motifs is 1. The predicted octanol–water partition coefficient (Wildman–Crippen LogP) is 6.36. The van der Waals surface area contributed by atoms with Crippen molar-refractivity contribution in [3.8, 4) is 0 Å². The zero-order valence-corrected chi connectivity index (χ0v) is 21.8. The van der Waals surface area contributed by atoms with Gasteiger partial charge in [0.2, 0.25) is 0 Å². The first-order valence-electron chi connectivity index (χ1n) is 13.4. The highest BCUT2D eigenvalue weighted by Crippen LogP contribution is 2.57. The fraction of sp³-hybridized carbons (Fsp3) is 0.206. The number of carbonyl (C=O) groups excluding carboxylic acids is 2. The molecule has 4 atom stereocenters. The van der Waals surface area contributed by atoms with Gasteiger partial charge in [-0.2, -0.15) is 5.10 Å². The molecule has 0 bridgehead atoms. The third-order valence-electron chi connectivity index (χ3n) is 7.97. The molecule has 0 amide bonds. The molecular formula is C34H30N2O3. The summed E-state index contributed by atoms with van der Waals surface area (Å²) >= 11 is 0. The molecule has 1 aliphatic carbocycles. The molecule has 2 unspecified atom stereocenters.